The van der Waals surface area contributed by atoms with Crippen LogP contribution in [0.1, 0.15) is 59.6 Å². The van der Waals surface area contributed by atoms with Gasteiger partial charge in [0.15, 0.2) is 11.6 Å². The fourth-order valence-electron chi connectivity index (χ4n) is 2.41. The average molecular weight is 302 g/mol. The first-order valence-corrected chi connectivity index (χ1v) is 6.91. The van der Waals surface area contributed by atoms with E-state index >= 15 is 0 Å². The first-order chi connectivity index (χ1) is 10.2. The van der Waals surface area contributed by atoms with E-state index in [9.17, 15) is 24.9 Å². The number of aliphatic hydroxyl groups is 1. The maximum absolute atomic E-state index is 12.2. The SMILES string of the molecule is CC(C)=CCC(O)c1cc(O)c2c(c1O)C(=O)C(C)=CC2=O. The van der Waals surface area contributed by atoms with E-state index in [4.69, 9.17) is 0 Å². The second kappa shape index (κ2) is 5.77. The largest absolute Gasteiger partial charge is 0.507 e. The predicted molar refractivity (Wildman–Crippen MR) is 81.2 cm³/mol. The van der Waals surface area contributed by atoms with Crippen molar-refractivity contribution in [1.29, 1.82) is 0 Å². The van der Waals surface area contributed by atoms with Crippen LogP contribution in [0, 0.1) is 0 Å². The molecule has 0 saturated carbocycles. The molecule has 0 bridgehead atoms. The van der Waals surface area contributed by atoms with Gasteiger partial charge in [0.2, 0.25) is 0 Å². The summed E-state index contributed by atoms with van der Waals surface area (Å²) in [7, 11) is 0. The van der Waals surface area contributed by atoms with Gasteiger partial charge < -0.3 is 15.3 Å². The van der Waals surface area contributed by atoms with Crippen LogP contribution in [-0.4, -0.2) is 26.9 Å². The second-order valence-electron chi connectivity index (χ2n) is 5.64. The molecule has 0 amide bonds. The van der Waals surface area contributed by atoms with Crippen LogP contribution in [0.15, 0.2) is 29.4 Å². The van der Waals surface area contributed by atoms with Gasteiger partial charge in [-0.1, -0.05) is 11.6 Å². The zero-order valence-electron chi connectivity index (χ0n) is 12.7. The molecule has 5 heteroatoms. The summed E-state index contributed by atoms with van der Waals surface area (Å²) in [6.45, 7) is 5.20. The standard InChI is InChI=1S/C17H18O5/c1-8(2)4-5-11(18)10-7-13(20)14-12(19)6-9(3)16(21)15(14)17(10)22/h4,6-7,11,18,20,22H,5H2,1-3H3. The summed E-state index contributed by atoms with van der Waals surface area (Å²) in [6.07, 6.45) is 2.05. The van der Waals surface area contributed by atoms with E-state index in [0.717, 1.165) is 17.7 Å². The maximum atomic E-state index is 12.2. The van der Waals surface area contributed by atoms with Crippen molar-refractivity contribution >= 4 is 11.6 Å². The van der Waals surface area contributed by atoms with Crippen LogP contribution < -0.4 is 0 Å². The highest BCUT2D eigenvalue weighted by Crippen LogP contribution is 2.40. The van der Waals surface area contributed by atoms with Crippen molar-refractivity contribution in [3.63, 3.8) is 0 Å². The zero-order chi connectivity index (χ0) is 16.6. The van der Waals surface area contributed by atoms with E-state index in [-0.39, 0.29) is 28.7 Å². The van der Waals surface area contributed by atoms with Crippen LogP contribution in [-0.2, 0) is 0 Å². The van der Waals surface area contributed by atoms with Crippen molar-refractivity contribution in [3.05, 3.63) is 46.1 Å². The smallest absolute Gasteiger partial charge is 0.193 e. The average Bonchev–Trinajstić information content (AvgIpc) is 2.44. The van der Waals surface area contributed by atoms with Crippen molar-refractivity contribution in [2.45, 2.75) is 33.3 Å². The molecule has 1 aromatic carbocycles. The third-order valence-electron chi connectivity index (χ3n) is 3.60. The molecule has 0 radical (unpaired) electrons. The van der Waals surface area contributed by atoms with Gasteiger partial charge in [0, 0.05) is 11.1 Å². The molecule has 1 aromatic rings. The maximum Gasteiger partial charge on any atom is 0.193 e. The zero-order valence-corrected chi connectivity index (χ0v) is 12.7. The topological polar surface area (TPSA) is 94.8 Å². The molecular formula is C17H18O5. The Morgan fingerprint density at radius 2 is 1.86 bits per heavy atom. The molecule has 5 nitrogen and oxygen atoms in total. The van der Waals surface area contributed by atoms with Gasteiger partial charge in [0.05, 0.1) is 17.2 Å². The number of hydrogen-bond acceptors (Lipinski definition) is 5. The number of allylic oxidation sites excluding steroid dienone is 3. The van der Waals surface area contributed by atoms with Gasteiger partial charge in [-0.2, -0.15) is 0 Å². The monoisotopic (exact) mass is 302 g/mol. The Hall–Kier alpha value is -2.40. The van der Waals surface area contributed by atoms with Crippen LogP contribution in [0.2, 0.25) is 0 Å². The molecule has 1 atom stereocenters. The number of ketones is 2. The molecule has 0 heterocycles. The summed E-state index contributed by atoms with van der Waals surface area (Å²) in [4.78, 5) is 24.1. The molecule has 1 aliphatic carbocycles. The number of benzene rings is 1. The molecule has 116 valence electrons. The fraction of sp³-hybridized carbons (Fsp3) is 0.294. The molecule has 0 aromatic heterocycles. The number of aromatic hydroxyl groups is 2. The molecule has 0 saturated heterocycles. The fourth-order valence-corrected chi connectivity index (χ4v) is 2.41. The van der Waals surface area contributed by atoms with Gasteiger partial charge in [0.25, 0.3) is 0 Å². The van der Waals surface area contributed by atoms with Crippen LogP contribution in [0.5, 0.6) is 11.5 Å². The van der Waals surface area contributed by atoms with Crippen molar-refractivity contribution in [2.75, 3.05) is 0 Å². The first kappa shape index (κ1) is 16.0. The van der Waals surface area contributed by atoms with E-state index < -0.39 is 29.2 Å². The highest BCUT2D eigenvalue weighted by Gasteiger charge is 2.32. The van der Waals surface area contributed by atoms with E-state index in [1.165, 1.54) is 6.92 Å². The molecule has 1 aliphatic rings. The number of phenolic OH excluding ortho intramolecular Hbond substituents is 2. The lowest BCUT2D eigenvalue weighted by Crippen LogP contribution is -2.17. The van der Waals surface area contributed by atoms with E-state index in [0.29, 0.717) is 0 Å². The minimum Gasteiger partial charge on any atom is -0.507 e. The Morgan fingerprint density at radius 3 is 2.45 bits per heavy atom. The van der Waals surface area contributed by atoms with Crippen molar-refractivity contribution < 1.29 is 24.9 Å². The quantitative estimate of drug-likeness (QED) is 0.589. The number of fused-ring (bicyclic) bond motifs is 1. The summed E-state index contributed by atoms with van der Waals surface area (Å²) in [5.74, 6) is -1.93. The van der Waals surface area contributed by atoms with Crippen molar-refractivity contribution in [1.82, 2.24) is 0 Å². The molecule has 0 spiro atoms. The third kappa shape index (κ3) is 2.67. The number of aliphatic hydroxyl groups excluding tert-OH is 1. The Morgan fingerprint density at radius 1 is 1.23 bits per heavy atom. The van der Waals surface area contributed by atoms with Crippen LogP contribution in [0.3, 0.4) is 0 Å². The van der Waals surface area contributed by atoms with Gasteiger partial charge in [-0.3, -0.25) is 9.59 Å². The highest BCUT2D eigenvalue weighted by molar-refractivity contribution is 6.26. The van der Waals surface area contributed by atoms with Crippen molar-refractivity contribution in [3.8, 4) is 11.5 Å². The summed E-state index contributed by atoms with van der Waals surface area (Å²) >= 11 is 0. The van der Waals surface area contributed by atoms with Gasteiger partial charge in [-0.15, -0.1) is 0 Å². The lowest BCUT2D eigenvalue weighted by molar-refractivity contribution is 0.0978. The van der Waals surface area contributed by atoms with Gasteiger partial charge in [-0.25, -0.2) is 0 Å². The van der Waals surface area contributed by atoms with Crippen LogP contribution in [0.4, 0.5) is 0 Å². The predicted octanol–water partition coefficient (Wildman–Crippen LogP) is 2.81. The molecular weight excluding hydrogens is 284 g/mol. The van der Waals surface area contributed by atoms with Crippen molar-refractivity contribution in [2.24, 2.45) is 0 Å². The van der Waals surface area contributed by atoms with Crippen LogP contribution in [0.25, 0.3) is 0 Å². The number of Topliss-reactive ketones (excluding diaryl/α,β-unsaturated/α-hetero) is 1. The first-order valence-electron chi connectivity index (χ1n) is 6.91. The Balaban J connectivity index is 2.59. The number of hydrogen-bond donors (Lipinski definition) is 3. The highest BCUT2D eigenvalue weighted by atomic mass is 16.3. The molecule has 0 fully saturated rings. The Labute approximate surface area is 128 Å². The lowest BCUT2D eigenvalue weighted by atomic mass is 9.86. The van der Waals surface area contributed by atoms with Gasteiger partial charge in [0.1, 0.15) is 11.5 Å². The number of carbonyl (C=O) groups excluding carboxylic acids is 2. The summed E-state index contributed by atoms with van der Waals surface area (Å²) in [5.41, 5.74) is 0.751. The molecule has 22 heavy (non-hydrogen) atoms. The third-order valence-corrected chi connectivity index (χ3v) is 3.60. The van der Waals surface area contributed by atoms with Gasteiger partial charge in [-0.05, 0) is 39.3 Å². The molecule has 2 rings (SSSR count). The molecule has 0 aliphatic heterocycles. The second-order valence-corrected chi connectivity index (χ2v) is 5.64. The van der Waals surface area contributed by atoms with E-state index in [1.54, 1.807) is 6.08 Å². The molecule has 1 unspecified atom stereocenters. The minimum absolute atomic E-state index is 0.0320. The summed E-state index contributed by atoms with van der Waals surface area (Å²) in [6, 6.07) is 1.14. The van der Waals surface area contributed by atoms with E-state index in [1.807, 2.05) is 13.8 Å². The summed E-state index contributed by atoms with van der Waals surface area (Å²) in [5, 5.41) is 30.5. The summed E-state index contributed by atoms with van der Waals surface area (Å²) < 4.78 is 0. The lowest BCUT2D eigenvalue weighted by Gasteiger charge is -2.20. The number of phenols is 2. The number of rotatable bonds is 3. The Kier molecular flexibility index (Phi) is 4.19. The normalized spacial score (nSPS) is 15.2. The van der Waals surface area contributed by atoms with Gasteiger partial charge >= 0.3 is 0 Å². The van der Waals surface area contributed by atoms with Crippen LogP contribution >= 0.6 is 0 Å². The van der Waals surface area contributed by atoms with E-state index in [2.05, 4.69) is 0 Å². The number of carbonyl (C=O) groups is 2. The minimum atomic E-state index is -1.08. The Bertz CT molecular complexity index is 721. The molecule has 3 N–H and O–H groups in total.